The van der Waals surface area contributed by atoms with Gasteiger partial charge < -0.3 is 20.3 Å². The third-order valence-corrected chi connectivity index (χ3v) is 7.13. The number of nitriles is 1. The summed E-state index contributed by atoms with van der Waals surface area (Å²) in [6.45, 7) is 1.52. The van der Waals surface area contributed by atoms with Gasteiger partial charge in [-0.3, -0.25) is 9.59 Å². The summed E-state index contributed by atoms with van der Waals surface area (Å²) >= 11 is 1.22. The fourth-order valence-electron chi connectivity index (χ4n) is 4.34. The van der Waals surface area contributed by atoms with Gasteiger partial charge in [0.1, 0.15) is 5.41 Å². The molecule has 2 aromatic carbocycles. The third-order valence-electron chi connectivity index (χ3n) is 6.37. The standard InChI is InChI=1S/C26H23F2N5O3S/c1-25(12-29)15-36-10-18-6-5-17(8-20(18)25)23(35)30-9-22(34)32-24-31-21(11-37-24)16-3-2-4-19(7-16)33-13-26(27,28)14-33/h2-8,11H,9-10,13-15H2,1H3,(H,30,35)(H,31,32,34)/t25-/m1/s1. The fraction of sp³-hybridized carbons (Fsp3) is 0.308. The molecule has 0 aliphatic carbocycles. The number of aromatic nitrogens is 1. The average Bonchev–Trinajstić information content (AvgIpc) is 3.34. The van der Waals surface area contributed by atoms with E-state index in [1.165, 1.54) is 11.3 Å². The lowest BCUT2D eigenvalue weighted by Gasteiger charge is -2.40. The van der Waals surface area contributed by atoms with Gasteiger partial charge in [0.15, 0.2) is 5.13 Å². The number of carbonyl (C=O) groups excluding carboxylic acids is 2. The highest BCUT2D eigenvalue weighted by Crippen LogP contribution is 2.35. The van der Waals surface area contributed by atoms with E-state index in [-0.39, 0.29) is 26.2 Å². The van der Waals surface area contributed by atoms with Crippen molar-refractivity contribution in [2.75, 3.05) is 36.5 Å². The van der Waals surface area contributed by atoms with E-state index in [0.29, 0.717) is 28.7 Å². The molecule has 1 fully saturated rings. The maximum absolute atomic E-state index is 13.2. The summed E-state index contributed by atoms with van der Waals surface area (Å²) in [6, 6.07) is 14.5. The first kappa shape index (κ1) is 24.8. The molecular formula is C26H23F2N5O3S. The molecule has 0 radical (unpaired) electrons. The van der Waals surface area contributed by atoms with Gasteiger partial charge in [0, 0.05) is 22.2 Å². The van der Waals surface area contributed by atoms with Gasteiger partial charge in [-0.25, -0.2) is 13.8 Å². The van der Waals surface area contributed by atoms with Gasteiger partial charge >= 0.3 is 0 Å². The molecule has 190 valence electrons. The van der Waals surface area contributed by atoms with Crippen LogP contribution in [0, 0.1) is 11.3 Å². The summed E-state index contributed by atoms with van der Waals surface area (Å²) in [5.41, 5.74) is 3.17. The van der Waals surface area contributed by atoms with Gasteiger partial charge in [0.2, 0.25) is 5.91 Å². The first-order valence-corrected chi connectivity index (χ1v) is 12.4. The number of amides is 2. The van der Waals surface area contributed by atoms with E-state index in [2.05, 4.69) is 21.7 Å². The monoisotopic (exact) mass is 523 g/mol. The van der Waals surface area contributed by atoms with Crippen molar-refractivity contribution in [2.45, 2.75) is 24.9 Å². The maximum atomic E-state index is 13.2. The number of halogens is 2. The molecule has 2 aliphatic heterocycles. The Morgan fingerprint density at radius 1 is 1.24 bits per heavy atom. The Morgan fingerprint density at radius 3 is 2.81 bits per heavy atom. The van der Waals surface area contributed by atoms with Crippen molar-refractivity contribution in [1.82, 2.24) is 10.3 Å². The van der Waals surface area contributed by atoms with E-state index in [1.54, 1.807) is 53.6 Å². The number of hydrogen-bond donors (Lipinski definition) is 2. The van der Waals surface area contributed by atoms with Crippen LogP contribution in [0.1, 0.15) is 28.4 Å². The summed E-state index contributed by atoms with van der Waals surface area (Å²) in [5, 5.41) is 17.0. The number of nitrogens with one attached hydrogen (secondary N) is 2. The highest BCUT2D eigenvalue weighted by Gasteiger charge is 2.44. The highest BCUT2D eigenvalue weighted by atomic mass is 32.1. The lowest BCUT2D eigenvalue weighted by Crippen LogP contribution is -2.56. The van der Waals surface area contributed by atoms with Gasteiger partial charge in [0.25, 0.3) is 11.8 Å². The molecule has 5 rings (SSSR count). The Kier molecular flexibility index (Phi) is 6.39. The molecule has 0 spiro atoms. The van der Waals surface area contributed by atoms with Crippen LogP contribution >= 0.6 is 11.3 Å². The summed E-state index contributed by atoms with van der Waals surface area (Å²) in [5.74, 6) is -3.53. The number of hydrogen-bond acceptors (Lipinski definition) is 7. The summed E-state index contributed by atoms with van der Waals surface area (Å²) in [4.78, 5) is 31.1. The van der Waals surface area contributed by atoms with E-state index < -0.39 is 23.2 Å². The fourth-order valence-corrected chi connectivity index (χ4v) is 5.07. The maximum Gasteiger partial charge on any atom is 0.282 e. The molecule has 2 aliphatic rings. The van der Waals surface area contributed by atoms with Crippen LogP contribution in [0.25, 0.3) is 11.3 Å². The predicted molar refractivity (Wildman–Crippen MR) is 135 cm³/mol. The third kappa shape index (κ3) is 5.16. The second-order valence-electron chi connectivity index (χ2n) is 9.34. The zero-order valence-electron chi connectivity index (χ0n) is 19.9. The van der Waals surface area contributed by atoms with E-state index >= 15 is 0 Å². The van der Waals surface area contributed by atoms with Crippen LogP contribution in [0.3, 0.4) is 0 Å². The minimum Gasteiger partial charge on any atom is -0.375 e. The number of carbonyl (C=O) groups is 2. The smallest absolute Gasteiger partial charge is 0.282 e. The molecule has 1 aromatic heterocycles. The van der Waals surface area contributed by atoms with Crippen LogP contribution in [0.2, 0.25) is 0 Å². The lowest BCUT2D eigenvalue weighted by molar-refractivity contribution is -0.115. The van der Waals surface area contributed by atoms with E-state index in [0.717, 1.165) is 16.7 Å². The van der Waals surface area contributed by atoms with E-state index in [4.69, 9.17) is 4.74 Å². The van der Waals surface area contributed by atoms with E-state index in [9.17, 15) is 23.6 Å². The molecule has 1 saturated heterocycles. The summed E-state index contributed by atoms with van der Waals surface area (Å²) in [7, 11) is 0. The summed E-state index contributed by atoms with van der Waals surface area (Å²) < 4.78 is 31.9. The molecule has 1 atom stereocenters. The van der Waals surface area contributed by atoms with Crippen molar-refractivity contribution in [3.8, 4) is 17.3 Å². The van der Waals surface area contributed by atoms with Gasteiger partial charge in [-0.2, -0.15) is 5.26 Å². The predicted octanol–water partition coefficient (Wildman–Crippen LogP) is 3.95. The lowest BCUT2D eigenvalue weighted by atomic mass is 9.79. The van der Waals surface area contributed by atoms with Crippen molar-refractivity contribution in [3.63, 3.8) is 0 Å². The molecule has 2 amide bonds. The van der Waals surface area contributed by atoms with Crippen molar-refractivity contribution >= 4 is 34.0 Å². The van der Waals surface area contributed by atoms with Crippen LogP contribution in [0.4, 0.5) is 19.6 Å². The number of fused-ring (bicyclic) bond motifs is 1. The minimum absolute atomic E-state index is 0.248. The van der Waals surface area contributed by atoms with E-state index in [1.807, 2.05) is 6.07 Å². The molecule has 0 bridgehead atoms. The Hall–Kier alpha value is -3.88. The average molecular weight is 524 g/mol. The van der Waals surface area contributed by atoms with Crippen LogP contribution < -0.4 is 15.5 Å². The molecular weight excluding hydrogens is 500 g/mol. The molecule has 37 heavy (non-hydrogen) atoms. The van der Waals surface area contributed by atoms with Gasteiger partial charge in [0.05, 0.1) is 44.6 Å². The first-order valence-electron chi connectivity index (χ1n) is 11.5. The Bertz CT molecular complexity index is 1410. The first-order chi connectivity index (χ1) is 17.7. The highest BCUT2D eigenvalue weighted by molar-refractivity contribution is 7.14. The SMILES string of the molecule is C[C@@]1(C#N)COCc2ccc(C(=O)NCC(=O)Nc3nc(-c4cccc(N5CC(F)(F)C5)c4)cs3)cc21. The van der Waals surface area contributed by atoms with Gasteiger partial charge in [-0.05, 0) is 42.3 Å². The largest absolute Gasteiger partial charge is 0.375 e. The molecule has 2 N–H and O–H groups in total. The van der Waals surface area contributed by atoms with Crippen molar-refractivity contribution in [3.05, 3.63) is 64.5 Å². The summed E-state index contributed by atoms with van der Waals surface area (Å²) in [6.07, 6.45) is 0. The normalized spacial score (nSPS) is 19.8. The number of benzene rings is 2. The number of rotatable bonds is 6. The van der Waals surface area contributed by atoms with Crippen molar-refractivity contribution in [2.24, 2.45) is 0 Å². The molecule has 3 heterocycles. The molecule has 0 saturated carbocycles. The Balaban J connectivity index is 1.18. The number of nitrogens with zero attached hydrogens (tertiary/aromatic N) is 3. The van der Waals surface area contributed by atoms with Crippen LogP contribution in [-0.2, 0) is 21.6 Å². The minimum atomic E-state index is -2.66. The van der Waals surface area contributed by atoms with Crippen LogP contribution in [0.15, 0.2) is 47.8 Å². The molecule has 8 nitrogen and oxygen atoms in total. The molecule has 0 unspecified atom stereocenters. The number of anilines is 2. The van der Waals surface area contributed by atoms with Crippen LogP contribution in [-0.4, -0.2) is 49.0 Å². The molecule has 3 aromatic rings. The second-order valence-corrected chi connectivity index (χ2v) is 10.2. The number of thiazole rings is 1. The molecule has 11 heteroatoms. The topological polar surface area (TPSA) is 107 Å². The number of ether oxygens (including phenoxy) is 1. The van der Waals surface area contributed by atoms with Gasteiger partial charge in [-0.15, -0.1) is 11.3 Å². The quantitative estimate of drug-likeness (QED) is 0.507. The van der Waals surface area contributed by atoms with Crippen molar-refractivity contribution < 1.29 is 23.1 Å². The second kappa shape index (κ2) is 9.53. The number of alkyl halides is 2. The van der Waals surface area contributed by atoms with Gasteiger partial charge in [-0.1, -0.05) is 18.2 Å². The van der Waals surface area contributed by atoms with Crippen LogP contribution in [0.5, 0.6) is 0 Å². The van der Waals surface area contributed by atoms with Crippen molar-refractivity contribution in [1.29, 1.82) is 5.26 Å². The Labute approximate surface area is 215 Å². The zero-order chi connectivity index (χ0) is 26.2. The Morgan fingerprint density at radius 2 is 2.05 bits per heavy atom. The zero-order valence-corrected chi connectivity index (χ0v) is 20.7.